The summed E-state index contributed by atoms with van der Waals surface area (Å²) >= 11 is 1.37. The summed E-state index contributed by atoms with van der Waals surface area (Å²) in [7, 11) is 0. The van der Waals surface area contributed by atoms with Gasteiger partial charge in [0, 0.05) is 6.54 Å². The van der Waals surface area contributed by atoms with Gasteiger partial charge in [0.1, 0.15) is 6.10 Å². The highest BCUT2D eigenvalue weighted by Crippen LogP contribution is 2.16. The summed E-state index contributed by atoms with van der Waals surface area (Å²) in [5.41, 5.74) is -0.0486. The van der Waals surface area contributed by atoms with Crippen molar-refractivity contribution in [3.63, 3.8) is 0 Å². The number of nitrogens with zero attached hydrogens (tertiary/aromatic N) is 1. The molecule has 0 aliphatic carbocycles. The molecule has 5 nitrogen and oxygen atoms in total. The summed E-state index contributed by atoms with van der Waals surface area (Å²) in [6, 6.07) is 7.43. The van der Waals surface area contributed by atoms with Gasteiger partial charge in [-0.2, -0.15) is 0 Å². The first-order chi connectivity index (χ1) is 9.61. The average Bonchev–Trinajstić information content (AvgIpc) is 2.73. The lowest BCUT2D eigenvalue weighted by molar-refractivity contribution is 0.0995. The monoisotopic (exact) mass is 292 g/mol. The normalized spacial score (nSPS) is 12.1. The first-order valence-electron chi connectivity index (χ1n) is 6.26. The molecule has 0 spiro atoms. The van der Waals surface area contributed by atoms with Crippen molar-refractivity contribution in [1.82, 2.24) is 9.27 Å². The van der Waals surface area contributed by atoms with Crippen LogP contribution in [0.4, 0.5) is 4.79 Å². The summed E-state index contributed by atoms with van der Waals surface area (Å²) in [5, 5.41) is 3.22. The second kappa shape index (κ2) is 6.38. The Morgan fingerprint density at radius 2 is 2.30 bits per heavy atom. The van der Waals surface area contributed by atoms with E-state index in [1.807, 2.05) is 18.2 Å². The van der Waals surface area contributed by atoms with Gasteiger partial charge in [-0.05, 0) is 19.1 Å². The van der Waals surface area contributed by atoms with Crippen LogP contribution in [-0.4, -0.2) is 22.7 Å². The second-order valence-electron chi connectivity index (χ2n) is 4.34. The molecule has 0 bridgehead atoms. The number of alkyl carbamates (subject to hydrolysis) is 1. The van der Waals surface area contributed by atoms with E-state index in [1.165, 1.54) is 11.5 Å². The van der Waals surface area contributed by atoms with E-state index in [9.17, 15) is 9.59 Å². The van der Waals surface area contributed by atoms with E-state index in [0.717, 1.165) is 4.70 Å². The average molecular weight is 292 g/mol. The van der Waals surface area contributed by atoms with Gasteiger partial charge in [0.15, 0.2) is 0 Å². The van der Waals surface area contributed by atoms with E-state index in [1.54, 1.807) is 23.0 Å². The highest BCUT2D eigenvalue weighted by molar-refractivity contribution is 7.13. The number of aromatic nitrogens is 1. The number of benzene rings is 1. The van der Waals surface area contributed by atoms with E-state index >= 15 is 0 Å². The fraction of sp³-hybridized carbons (Fsp3) is 0.286. The molecule has 106 valence electrons. The molecule has 1 amide bonds. The molecule has 1 N–H and O–H groups in total. The van der Waals surface area contributed by atoms with Crippen LogP contribution in [0.15, 0.2) is 41.7 Å². The third-order valence-electron chi connectivity index (χ3n) is 2.67. The Bertz CT molecular complexity index is 674. The number of carbonyl (C=O) groups excluding carboxylic acids is 1. The van der Waals surface area contributed by atoms with E-state index in [0.29, 0.717) is 18.5 Å². The van der Waals surface area contributed by atoms with Crippen molar-refractivity contribution in [2.45, 2.75) is 19.6 Å². The molecule has 0 aliphatic heterocycles. The van der Waals surface area contributed by atoms with Gasteiger partial charge in [-0.1, -0.05) is 29.7 Å². The van der Waals surface area contributed by atoms with Crippen molar-refractivity contribution >= 4 is 27.7 Å². The highest BCUT2D eigenvalue weighted by Gasteiger charge is 2.13. The number of amides is 1. The Labute approximate surface area is 120 Å². The molecule has 20 heavy (non-hydrogen) atoms. The minimum atomic E-state index is -0.508. The maximum Gasteiger partial charge on any atom is 0.407 e. The Kier molecular flexibility index (Phi) is 4.57. The molecule has 1 heterocycles. The Hall–Kier alpha value is -2.08. The Balaban J connectivity index is 2.04. The van der Waals surface area contributed by atoms with Crippen molar-refractivity contribution in [3.8, 4) is 0 Å². The standard InChI is InChI=1S/C14H16N2O3S/c1-3-8-15-14(18)19-10(2)9-16-13(17)11-6-4-5-7-12(11)20-16/h3-7,10H,1,8-9H2,2H3,(H,15,18). The van der Waals surface area contributed by atoms with Gasteiger partial charge in [-0.15, -0.1) is 6.58 Å². The van der Waals surface area contributed by atoms with Gasteiger partial charge in [-0.3, -0.25) is 8.75 Å². The van der Waals surface area contributed by atoms with Gasteiger partial charge < -0.3 is 10.1 Å². The molecule has 1 atom stereocenters. The molecule has 1 aromatic carbocycles. The van der Waals surface area contributed by atoms with Crippen LogP contribution in [0, 0.1) is 0 Å². The van der Waals surface area contributed by atoms with Gasteiger partial charge in [0.2, 0.25) is 0 Å². The molecular weight excluding hydrogens is 276 g/mol. The maximum absolute atomic E-state index is 12.1. The quantitative estimate of drug-likeness (QED) is 0.861. The maximum atomic E-state index is 12.1. The number of hydrogen-bond acceptors (Lipinski definition) is 4. The van der Waals surface area contributed by atoms with Crippen LogP contribution in [0.3, 0.4) is 0 Å². The minimum absolute atomic E-state index is 0.0486. The number of hydrogen-bond donors (Lipinski definition) is 1. The molecule has 2 aromatic rings. The molecule has 0 radical (unpaired) electrons. The number of nitrogens with one attached hydrogen (secondary N) is 1. The molecule has 1 unspecified atom stereocenters. The molecule has 6 heteroatoms. The summed E-state index contributed by atoms with van der Waals surface area (Å²) < 4.78 is 7.70. The zero-order valence-electron chi connectivity index (χ0n) is 11.2. The van der Waals surface area contributed by atoms with Crippen molar-refractivity contribution < 1.29 is 9.53 Å². The van der Waals surface area contributed by atoms with Crippen molar-refractivity contribution in [2.75, 3.05) is 6.54 Å². The lowest BCUT2D eigenvalue weighted by Crippen LogP contribution is -2.31. The molecule has 1 aromatic heterocycles. The van der Waals surface area contributed by atoms with Crippen LogP contribution >= 0.6 is 11.5 Å². The lowest BCUT2D eigenvalue weighted by atomic mass is 10.3. The first-order valence-corrected chi connectivity index (χ1v) is 7.03. The molecular formula is C14H16N2O3S. The van der Waals surface area contributed by atoms with Crippen molar-refractivity contribution in [1.29, 1.82) is 0 Å². The number of fused-ring (bicyclic) bond motifs is 1. The highest BCUT2D eigenvalue weighted by atomic mass is 32.1. The lowest BCUT2D eigenvalue weighted by Gasteiger charge is -2.13. The smallest absolute Gasteiger partial charge is 0.407 e. The van der Waals surface area contributed by atoms with Crippen LogP contribution in [-0.2, 0) is 11.3 Å². The Morgan fingerprint density at radius 3 is 3.00 bits per heavy atom. The second-order valence-corrected chi connectivity index (χ2v) is 5.40. The van der Waals surface area contributed by atoms with E-state index in [-0.39, 0.29) is 11.7 Å². The number of ether oxygens (including phenoxy) is 1. The zero-order valence-corrected chi connectivity index (χ0v) is 12.0. The zero-order chi connectivity index (χ0) is 14.5. The fourth-order valence-electron chi connectivity index (χ4n) is 1.79. The fourth-order valence-corrected chi connectivity index (χ4v) is 2.88. The number of carbonyl (C=O) groups is 1. The Morgan fingerprint density at radius 1 is 1.55 bits per heavy atom. The van der Waals surface area contributed by atoms with Gasteiger partial charge in [-0.25, -0.2) is 4.79 Å². The third-order valence-corrected chi connectivity index (χ3v) is 3.76. The predicted molar refractivity (Wildman–Crippen MR) is 80.2 cm³/mol. The first kappa shape index (κ1) is 14.3. The number of rotatable bonds is 5. The summed E-state index contributed by atoms with van der Waals surface area (Å²) in [4.78, 5) is 23.5. The third kappa shape index (κ3) is 3.27. The summed E-state index contributed by atoms with van der Waals surface area (Å²) in [6.07, 6.45) is 0.680. The van der Waals surface area contributed by atoms with Crippen molar-refractivity contribution in [3.05, 3.63) is 47.3 Å². The summed E-state index contributed by atoms with van der Waals surface area (Å²) in [5.74, 6) is 0. The molecule has 0 saturated carbocycles. The van der Waals surface area contributed by atoms with E-state index < -0.39 is 6.09 Å². The molecule has 0 aliphatic rings. The van der Waals surface area contributed by atoms with Gasteiger partial charge in [0.05, 0.1) is 16.6 Å². The van der Waals surface area contributed by atoms with E-state index in [4.69, 9.17) is 4.74 Å². The molecule has 2 rings (SSSR count). The minimum Gasteiger partial charge on any atom is -0.445 e. The van der Waals surface area contributed by atoms with Crippen LogP contribution in [0.1, 0.15) is 6.92 Å². The summed E-state index contributed by atoms with van der Waals surface area (Å²) in [6.45, 7) is 5.96. The SMILES string of the molecule is C=CCNC(=O)OC(C)Cn1sc2ccccc2c1=O. The van der Waals surface area contributed by atoms with Crippen LogP contribution in [0.5, 0.6) is 0 Å². The van der Waals surface area contributed by atoms with Crippen LogP contribution < -0.4 is 10.9 Å². The molecule has 0 saturated heterocycles. The molecule has 0 fully saturated rings. The van der Waals surface area contributed by atoms with Crippen molar-refractivity contribution in [2.24, 2.45) is 0 Å². The van der Waals surface area contributed by atoms with Crippen LogP contribution in [0.2, 0.25) is 0 Å². The topological polar surface area (TPSA) is 60.3 Å². The van der Waals surface area contributed by atoms with E-state index in [2.05, 4.69) is 11.9 Å². The van der Waals surface area contributed by atoms with Gasteiger partial charge >= 0.3 is 6.09 Å². The van der Waals surface area contributed by atoms with Gasteiger partial charge in [0.25, 0.3) is 5.56 Å². The largest absolute Gasteiger partial charge is 0.445 e. The predicted octanol–water partition coefficient (Wildman–Crippen LogP) is 2.36. The van der Waals surface area contributed by atoms with Crippen LogP contribution in [0.25, 0.3) is 10.1 Å².